The maximum absolute atomic E-state index is 12.3. The van der Waals surface area contributed by atoms with Crippen molar-refractivity contribution in [3.63, 3.8) is 0 Å². The summed E-state index contributed by atoms with van der Waals surface area (Å²) < 4.78 is 60.8. The van der Waals surface area contributed by atoms with Gasteiger partial charge in [0.25, 0.3) is 9.84 Å². The molecular formula is C9H7F3N2O2S. The van der Waals surface area contributed by atoms with Crippen LogP contribution in [0.25, 0.3) is 11.0 Å². The molecule has 0 atom stereocenters. The molecule has 2 rings (SSSR count). The van der Waals surface area contributed by atoms with E-state index in [2.05, 4.69) is 4.98 Å². The molecule has 8 heteroatoms. The van der Waals surface area contributed by atoms with E-state index in [9.17, 15) is 21.6 Å². The number of hydrogen-bond acceptors (Lipinski definition) is 3. The topological polar surface area (TPSA) is 52.0 Å². The van der Waals surface area contributed by atoms with Gasteiger partial charge in [0, 0.05) is 7.05 Å². The second kappa shape index (κ2) is 3.46. The van der Waals surface area contributed by atoms with E-state index >= 15 is 0 Å². The molecule has 2 aromatic rings. The number of imidazole rings is 1. The average molecular weight is 264 g/mol. The highest BCUT2D eigenvalue weighted by atomic mass is 32.2. The Hall–Kier alpha value is -1.57. The Morgan fingerprint density at radius 3 is 2.53 bits per heavy atom. The fourth-order valence-electron chi connectivity index (χ4n) is 1.42. The van der Waals surface area contributed by atoms with Crippen molar-refractivity contribution < 1.29 is 21.6 Å². The minimum Gasteiger partial charge on any atom is -0.334 e. The number of benzene rings is 1. The first-order chi connectivity index (χ1) is 7.73. The van der Waals surface area contributed by atoms with Gasteiger partial charge in [0.05, 0.1) is 22.3 Å². The number of aryl methyl sites for hydroxylation is 1. The van der Waals surface area contributed by atoms with Gasteiger partial charge in [-0.15, -0.1) is 0 Å². The molecule has 0 bridgehead atoms. The van der Waals surface area contributed by atoms with E-state index in [0.717, 1.165) is 12.1 Å². The fraction of sp³-hybridized carbons (Fsp3) is 0.222. The van der Waals surface area contributed by atoms with Crippen LogP contribution >= 0.6 is 0 Å². The molecule has 0 saturated carbocycles. The van der Waals surface area contributed by atoms with Crippen LogP contribution in [0.5, 0.6) is 0 Å². The van der Waals surface area contributed by atoms with Gasteiger partial charge < -0.3 is 4.57 Å². The first-order valence-corrected chi connectivity index (χ1v) is 5.94. The van der Waals surface area contributed by atoms with Crippen LogP contribution in [0.2, 0.25) is 0 Å². The minimum absolute atomic E-state index is 0.206. The number of halogens is 3. The number of rotatable bonds is 1. The average Bonchev–Trinajstić information content (AvgIpc) is 2.58. The van der Waals surface area contributed by atoms with E-state index in [4.69, 9.17) is 0 Å². The molecule has 0 aliphatic heterocycles. The summed E-state index contributed by atoms with van der Waals surface area (Å²) in [4.78, 5) is 3.01. The van der Waals surface area contributed by atoms with Crippen molar-refractivity contribution in [3.05, 3.63) is 24.5 Å². The Balaban J connectivity index is 2.66. The molecule has 0 fully saturated rings. The van der Waals surface area contributed by atoms with Gasteiger partial charge in [-0.2, -0.15) is 13.2 Å². The summed E-state index contributed by atoms with van der Waals surface area (Å²) in [7, 11) is -3.65. The first kappa shape index (κ1) is 11.9. The smallest absolute Gasteiger partial charge is 0.334 e. The second-order valence-electron chi connectivity index (χ2n) is 3.46. The van der Waals surface area contributed by atoms with Gasteiger partial charge in [0.2, 0.25) is 0 Å². The van der Waals surface area contributed by atoms with Crippen LogP contribution in [0.3, 0.4) is 0 Å². The largest absolute Gasteiger partial charge is 0.501 e. The molecule has 92 valence electrons. The van der Waals surface area contributed by atoms with Crippen LogP contribution in [0.4, 0.5) is 13.2 Å². The lowest BCUT2D eigenvalue weighted by atomic mass is 10.3. The Bertz CT molecular complexity index is 673. The standard InChI is InChI=1S/C9H7F3N2O2S/c1-14-5-13-7-4-6(2-3-8(7)14)17(15,16)9(10,11)12/h2-5H,1H3. The summed E-state index contributed by atoms with van der Waals surface area (Å²) in [5.74, 6) is 0. The van der Waals surface area contributed by atoms with Gasteiger partial charge in [-0.05, 0) is 18.2 Å². The summed E-state index contributed by atoms with van der Waals surface area (Å²) in [5.41, 5.74) is -4.53. The Morgan fingerprint density at radius 2 is 1.94 bits per heavy atom. The van der Waals surface area contributed by atoms with E-state index in [1.807, 2.05) is 0 Å². The number of hydrogen-bond donors (Lipinski definition) is 0. The quantitative estimate of drug-likeness (QED) is 0.790. The van der Waals surface area contributed by atoms with Crippen molar-refractivity contribution in [1.29, 1.82) is 0 Å². The molecule has 0 aliphatic carbocycles. The molecule has 4 nitrogen and oxygen atoms in total. The third-order valence-electron chi connectivity index (χ3n) is 2.31. The molecule has 0 aliphatic rings. The van der Waals surface area contributed by atoms with Crippen LogP contribution in [0.15, 0.2) is 29.4 Å². The van der Waals surface area contributed by atoms with Crippen LogP contribution in [-0.4, -0.2) is 23.5 Å². The Morgan fingerprint density at radius 1 is 1.29 bits per heavy atom. The van der Waals surface area contributed by atoms with Gasteiger partial charge in [0.15, 0.2) is 0 Å². The van der Waals surface area contributed by atoms with E-state index in [-0.39, 0.29) is 5.52 Å². The van der Waals surface area contributed by atoms with Crippen molar-refractivity contribution in [2.75, 3.05) is 0 Å². The summed E-state index contributed by atoms with van der Waals surface area (Å²) in [6, 6.07) is 3.13. The van der Waals surface area contributed by atoms with Gasteiger partial charge in [-0.25, -0.2) is 13.4 Å². The van der Waals surface area contributed by atoms with Crippen molar-refractivity contribution in [2.45, 2.75) is 10.4 Å². The predicted octanol–water partition coefficient (Wildman–Crippen LogP) is 1.87. The Labute approximate surface area is 94.6 Å². The van der Waals surface area contributed by atoms with Gasteiger partial charge in [0.1, 0.15) is 0 Å². The van der Waals surface area contributed by atoms with Crippen LogP contribution < -0.4 is 0 Å². The molecule has 0 radical (unpaired) electrons. The van der Waals surface area contributed by atoms with Crippen LogP contribution in [-0.2, 0) is 16.9 Å². The fourth-order valence-corrected chi connectivity index (χ4v) is 2.20. The summed E-state index contributed by atoms with van der Waals surface area (Å²) in [6.07, 6.45) is 1.40. The van der Waals surface area contributed by atoms with Crippen molar-refractivity contribution in [3.8, 4) is 0 Å². The van der Waals surface area contributed by atoms with Gasteiger partial charge in [-0.3, -0.25) is 0 Å². The highest BCUT2D eigenvalue weighted by Crippen LogP contribution is 2.31. The summed E-state index contributed by atoms with van der Waals surface area (Å²) in [6.45, 7) is 0. The van der Waals surface area contributed by atoms with Crippen molar-refractivity contribution in [2.24, 2.45) is 7.05 Å². The molecule has 1 heterocycles. The van der Waals surface area contributed by atoms with Crippen LogP contribution in [0.1, 0.15) is 0 Å². The van der Waals surface area contributed by atoms with Gasteiger partial charge >= 0.3 is 5.51 Å². The van der Waals surface area contributed by atoms with Gasteiger partial charge in [-0.1, -0.05) is 0 Å². The summed E-state index contributed by atoms with van der Waals surface area (Å²) in [5, 5.41) is 0. The zero-order valence-electron chi connectivity index (χ0n) is 8.56. The lowest BCUT2D eigenvalue weighted by Gasteiger charge is -2.07. The molecule has 0 spiro atoms. The monoisotopic (exact) mass is 264 g/mol. The van der Waals surface area contributed by atoms with E-state index < -0.39 is 20.2 Å². The van der Waals surface area contributed by atoms with E-state index in [1.54, 1.807) is 11.6 Å². The lowest BCUT2D eigenvalue weighted by Crippen LogP contribution is -2.23. The SMILES string of the molecule is Cn1cnc2cc(S(=O)(=O)C(F)(F)F)ccc21. The van der Waals surface area contributed by atoms with Crippen LogP contribution in [0, 0.1) is 0 Å². The Kier molecular flexibility index (Phi) is 2.42. The number of sulfone groups is 1. The predicted molar refractivity (Wildman–Crippen MR) is 54.0 cm³/mol. The number of fused-ring (bicyclic) bond motifs is 1. The second-order valence-corrected chi connectivity index (χ2v) is 5.40. The zero-order chi connectivity index (χ0) is 12.8. The molecule has 0 unspecified atom stereocenters. The van der Waals surface area contributed by atoms with Crippen molar-refractivity contribution in [1.82, 2.24) is 9.55 Å². The van der Waals surface area contributed by atoms with Crippen molar-refractivity contribution >= 4 is 20.9 Å². The third kappa shape index (κ3) is 1.78. The number of aromatic nitrogens is 2. The van der Waals surface area contributed by atoms with E-state index in [0.29, 0.717) is 5.52 Å². The maximum Gasteiger partial charge on any atom is 0.501 e. The maximum atomic E-state index is 12.3. The molecular weight excluding hydrogens is 257 g/mol. The molecule has 0 amide bonds. The number of nitrogens with zero attached hydrogens (tertiary/aromatic N) is 2. The molecule has 1 aromatic carbocycles. The third-order valence-corrected chi connectivity index (χ3v) is 3.80. The normalized spacial score (nSPS) is 13.2. The molecule has 0 saturated heterocycles. The zero-order valence-corrected chi connectivity index (χ0v) is 9.38. The van der Waals surface area contributed by atoms with E-state index in [1.165, 1.54) is 12.4 Å². The first-order valence-electron chi connectivity index (χ1n) is 4.46. The minimum atomic E-state index is -5.31. The highest BCUT2D eigenvalue weighted by Gasteiger charge is 2.46. The summed E-state index contributed by atoms with van der Waals surface area (Å²) >= 11 is 0. The highest BCUT2D eigenvalue weighted by molar-refractivity contribution is 7.92. The molecule has 17 heavy (non-hydrogen) atoms. The lowest BCUT2D eigenvalue weighted by molar-refractivity contribution is -0.0435. The molecule has 1 aromatic heterocycles. The number of alkyl halides is 3. The molecule has 0 N–H and O–H groups in total.